The van der Waals surface area contributed by atoms with Crippen LogP contribution < -0.4 is 5.73 Å². The Morgan fingerprint density at radius 2 is 2.43 bits per heavy atom. The van der Waals surface area contributed by atoms with Crippen molar-refractivity contribution >= 4 is 0 Å². The Labute approximate surface area is 43.6 Å². The van der Waals surface area contributed by atoms with Gasteiger partial charge in [0, 0.05) is 0 Å². The topological polar surface area (TPSA) is 46.2 Å². The van der Waals surface area contributed by atoms with E-state index in [2.05, 4.69) is 6.58 Å². The minimum absolute atomic E-state index is 0.0718. The molecule has 0 aliphatic carbocycles. The van der Waals surface area contributed by atoms with Crippen molar-refractivity contribution in [2.45, 2.75) is 19.4 Å². The Balaban J connectivity index is 3.34. The Hall–Kier alpha value is -0.500. The van der Waals surface area contributed by atoms with Gasteiger partial charge in [-0.25, -0.2) is 0 Å². The lowest BCUT2D eigenvalue weighted by atomic mass is 10.2. The molecule has 0 heterocycles. The maximum Gasteiger partial charge on any atom is 0.102 e. The van der Waals surface area contributed by atoms with Gasteiger partial charge in [-0.2, -0.15) is 0 Å². The lowest BCUT2D eigenvalue weighted by Gasteiger charge is -2.02. The molecular weight excluding hydrogens is 90.1 g/mol. The zero-order valence-electron chi connectivity index (χ0n) is 4.52. The summed E-state index contributed by atoms with van der Waals surface area (Å²) in [4.78, 5) is 0. The second kappa shape index (κ2) is 2.64. The van der Waals surface area contributed by atoms with Crippen molar-refractivity contribution in [3.63, 3.8) is 0 Å². The predicted molar refractivity (Wildman–Crippen MR) is 30.0 cm³/mol. The molecule has 2 heteroatoms. The van der Waals surface area contributed by atoms with Crippen LogP contribution in [0, 0.1) is 0 Å². The zero-order valence-corrected chi connectivity index (χ0v) is 4.52. The van der Waals surface area contributed by atoms with Gasteiger partial charge in [0.2, 0.25) is 0 Å². The van der Waals surface area contributed by atoms with E-state index in [4.69, 9.17) is 10.8 Å². The molecule has 0 bridgehead atoms. The van der Waals surface area contributed by atoms with E-state index in [1.54, 1.807) is 0 Å². The minimum Gasteiger partial charge on any atom is -0.511 e. The number of rotatable bonds is 2. The highest BCUT2D eigenvalue weighted by molar-refractivity contribution is 4.90. The highest BCUT2D eigenvalue weighted by Crippen LogP contribution is 1.93. The number of hydrogen-bond acceptors (Lipinski definition) is 2. The molecule has 7 heavy (non-hydrogen) atoms. The van der Waals surface area contributed by atoms with Crippen LogP contribution in [0.3, 0.4) is 0 Å². The fraction of sp³-hybridized carbons (Fsp3) is 0.600. The molecule has 0 unspecified atom stereocenters. The molecule has 0 saturated heterocycles. The third kappa shape index (κ3) is 2.23. The maximum atomic E-state index is 8.50. The molecule has 42 valence electrons. The molecule has 0 fully saturated rings. The first-order valence-corrected chi connectivity index (χ1v) is 2.31. The molecule has 0 radical (unpaired) electrons. The average Bonchev–Trinajstić information content (AvgIpc) is 1.65. The Morgan fingerprint density at radius 3 is 2.43 bits per heavy atom. The summed E-state index contributed by atoms with van der Waals surface area (Å²) < 4.78 is 0. The monoisotopic (exact) mass is 101 g/mol. The van der Waals surface area contributed by atoms with E-state index in [1.165, 1.54) is 0 Å². The van der Waals surface area contributed by atoms with Crippen molar-refractivity contribution in [3.05, 3.63) is 12.3 Å². The molecule has 0 rings (SSSR count). The normalized spacial score (nSPS) is 13.4. The van der Waals surface area contributed by atoms with Gasteiger partial charge in [-0.05, 0) is 6.42 Å². The number of aliphatic hydroxyl groups is 1. The summed E-state index contributed by atoms with van der Waals surface area (Å²) >= 11 is 0. The molecule has 0 aromatic carbocycles. The Bertz CT molecular complexity index is 70.5. The van der Waals surface area contributed by atoms with Crippen LogP contribution in [0.4, 0.5) is 0 Å². The standard InChI is InChI=1S/C5H11NO/c1-3-5(6)4(2)7/h5,7H,2-3,6H2,1H3/t5-/m1/s1. The molecule has 2 nitrogen and oxygen atoms in total. The third-order valence-electron chi connectivity index (χ3n) is 0.868. The van der Waals surface area contributed by atoms with Crippen LogP contribution in [-0.4, -0.2) is 11.1 Å². The Kier molecular flexibility index (Phi) is 2.45. The predicted octanol–water partition coefficient (Wildman–Crippen LogP) is 0.795. The molecular formula is C5H11NO. The smallest absolute Gasteiger partial charge is 0.102 e. The molecule has 0 saturated carbocycles. The van der Waals surface area contributed by atoms with Crippen molar-refractivity contribution in [1.82, 2.24) is 0 Å². The summed E-state index contributed by atoms with van der Waals surface area (Å²) in [5, 5.41) is 8.50. The first-order valence-electron chi connectivity index (χ1n) is 2.31. The molecule has 1 atom stereocenters. The van der Waals surface area contributed by atoms with Crippen molar-refractivity contribution in [3.8, 4) is 0 Å². The second-order valence-electron chi connectivity index (χ2n) is 1.51. The molecule has 0 aromatic rings. The average molecular weight is 101 g/mol. The molecule has 0 aliphatic rings. The summed E-state index contributed by atoms with van der Waals surface area (Å²) in [5.41, 5.74) is 5.27. The van der Waals surface area contributed by atoms with Crippen LogP contribution in [0.5, 0.6) is 0 Å². The highest BCUT2D eigenvalue weighted by atomic mass is 16.3. The van der Waals surface area contributed by atoms with E-state index in [0.717, 1.165) is 6.42 Å². The number of nitrogens with two attached hydrogens (primary N) is 1. The zero-order chi connectivity index (χ0) is 5.86. The summed E-state index contributed by atoms with van der Waals surface area (Å²) in [6.07, 6.45) is 0.745. The fourth-order valence-electron chi connectivity index (χ4n) is 0.236. The second-order valence-corrected chi connectivity index (χ2v) is 1.51. The van der Waals surface area contributed by atoms with Gasteiger partial charge in [-0.15, -0.1) is 0 Å². The SMILES string of the molecule is C=C(O)[C@H](N)CC. The molecule has 3 N–H and O–H groups in total. The van der Waals surface area contributed by atoms with E-state index in [1.807, 2.05) is 6.92 Å². The Morgan fingerprint density at radius 1 is 2.00 bits per heavy atom. The fourth-order valence-corrected chi connectivity index (χ4v) is 0.236. The van der Waals surface area contributed by atoms with Gasteiger partial charge in [0.15, 0.2) is 0 Å². The molecule has 0 aliphatic heterocycles. The summed E-state index contributed by atoms with van der Waals surface area (Å²) in [6, 6.07) is -0.236. The van der Waals surface area contributed by atoms with Gasteiger partial charge < -0.3 is 10.8 Å². The van der Waals surface area contributed by atoms with E-state index < -0.39 is 0 Å². The largest absolute Gasteiger partial charge is 0.511 e. The summed E-state index contributed by atoms with van der Waals surface area (Å²) in [6.45, 7) is 5.15. The summed E-state index contributed by atoms with van der Waals surface area (Å²) in [7, 11) is 0. The highest BCUT2D eigenvalue weighted by Gasteiger charge is 1.98. The van der Waals surface area contributed by atoms with Crippen LogP contribution >= 0.6 is 0 Å². The lowest BCUT2D eigenvalue weighted by Crippen LogP contribution is -2.20. The van der Waals surface area contributed by atoms with Crippen LogP contribution in [0.2, 0.25) is 0 Å². The number of aliphatic hydroxyl groups excluding tert-OH is 1. The van der Waals surface area contributed by atoms with Gasteiger partial charge in [0.25, 0.3) is 0 Å². The number of hydrogen-bond donors (Lipinski definition) is 2. The van der Waals surface area contributed by atoms with Crippen LogP contribution in [-0.2, 0) is 0 Å². The molecule has 0 spiro atoms. The van der Waals surface area contributed by atoms with Crippen molar-refractivity contribution < 1.29 is 5.11 Å². The van der Waals surface area contributed by atoms with Crippen molar-refractivity contribution in [2.75, 3.05) is 0 Å². The van der Waals surface area contributed by atoms with Crippen LogP contribution in [0.25, 0.3) is 0 Å². The van der Waals surface area contributed by atoms with Gasteiger partial charge in [-0.1, -0.05) is 13.5 Å². The maximum absolute atomic E-state index is 8.50. The van der Waals surface area contributed by atoms with E-state index in [0.29, 0.717) is 0 Å². The van der Waals surface area contributed by atoms with Gasteiger partial charge in [0.1, 0.15) is 5.76 Å². The van der Waals surface area contributed by atoms with Crippen molar-refractivity contribution in [1.29, 1.82) is 0 Å². The first kappa shape index (κ1) is 6.50. The van der Waals surface area contributed by atoms with Gasteiger partial charge >= 0.3 is 0 Å². The first-order chi connectivity index (χ1) is 3.18. The quantitative estimate of drug-likeness (QED) is 0.505. The van der Waals surface area contributed by atoms with Gasteiger partial charge in [-0.3, -0.25) is 0 Å². The van der Waals surface area contributed by atoms with E-state index in [9.17, 15) is 0 Å². The third-order valence-corrected chi connectivity index (χ3v) is 0.868. The summed E-state index contributed by atoms with van der Waals surface area (Å²) in [5.74, 6) is 0.0718. The van der Waals surface area contributed by atoms with E-state index >= 15 is 0 Å². The molecule has 0 aromatic heterocycles. The van der Waals surface area contributed by atoms with Crippen molar-refractivity contribution in [2.24, 2.45) is 5.73 Å². The lowest BCUT2D eigenvalue weighted by molar-refractivity contribution is 0.366. The van der Waals surface area contributed by atoms with Gasteiger partial charge in [0.05, 0.1) is 6.04 Å². The molecule has 0 amide bonds. The van der Waals surface area contributed by atoms with Crippen LogP contribution in [0.15, 0.2) is 12.3 Å². The minimum atomic E-state index is -0.236. The van der Waals surface area contributed by atoms with E-state index in [-0.39, 0.29) is 11.8 Å². The van der Waals surface area contributed by atoms with Crippen LogP contribution in [0.1, 0.15) is 13.3 Å².